The number of carbonyl (C=O) groups excluding carboxylic acids is 1. The molecule has 1 heterocycles. The molecule has 0 radical (unpaired) electrons. The van der Waals surface area contributed by atoms with E-state index in [0.717, 1.165) is 0 Å². The molecule has 0 aromatic heterocycles. The summed E-state index contributed by atoms with van der Waals surface area (Å²) < 4.78 is 0. The van der Waals surface area contributed by atoms with Crippen LogP contribution in [0.2, 0.25) is 10.0 Å². The number of benzene rings is 1. The number of carbonyl (C=O) groups is 2. The second kappa shape index (κ2) is 5.60. The molecule has 2 rings (SSSR count). The van der Waals surface area contributed by atoms with Gasteiger partial charge in [-0.1, -0.05) is 23.2 Å². The summed E-state index contributed by atoms with van der Waals surface area (Å²) in [5.74, 6) is -1.55. The predicted molar refractivity (Wildman–Crippen MR) is 74.2 cm³/mol. The summed E-state index contributed by atoms with van der Waals surface area (Å²) in [6, 6.07) is 4.58. The highest BCUT2D eigenvalue weighted by molar-refractivity contribution is 6.36. The molecule has 108 valence electrons. The summed E-state index contributed by atoms with van der Waals surface area (Å²) in [4.78, 5) is 24.7. The molecule has 0 aliphatic carbocycles. The van der Waals surface area contributed by atoms with E-state index in [1.165, 1.54) is 17.0 Å². The largest absolute Gasteiger partial charge is 0.479 e. The number of halogens is 2. The fraction of sp³-hybridized carbons (Fsp3) is 0.385. The smallest absolute Gasteiger partial charge is 0.335 e. The Hall–Kier alpha value is -1.30. The van der Waals surface area contributed by atoms with Crippen LogP contribution >= 0.6 is 23.2 Å². The minimum absolute atomic E-state index is 0.000712. The van der Waals surface area contributed by atoms with Crippen molar-refractivity contribution >= 4 is 35.1 Å². The lowest BCUT2D eigenvalue weighted by atomic mass is 9.91. The van der Waals surface area contributed by atoms with Crippen molar-refractivity contribution in [1.29, 1.82) is 0 Å². The molecule has 1 fully saturated rings. The number of amides is 1. The van der Waals surface area contributed by atoms with Gasteiger partial charge in [0, 0.05) is 31.0 Å². The summed E-state index contributed by atoms with van der Waals surface area (Å²) >= 11 is 11.7. The minimum atomic E-state index is -1.75. The summed E-state index contributed by atoms with van der Waals surface area (Å²) in [6.45, 7) is 0.335. The quantitative estimate of drug-likeness (QED) is 0.875. The Labute approximate surface area is 125 Å². The zero-order chi connectivity index (χ0) is 14.9. The molecule has 1 saturated heterocycles. The van der Waals surface area contributed by atoms with Crippen LogP contribution in [0, 0.1) is 0 Å². The van der Waals surface area contributed by atoms with Gasteiger partial charge in [0.15, 0.2) is 5.60 Å². The fourth-order valence-corrected chi connectivity index (χ4v) is 2.62. The van der Waals surface area contributed by atoms with Crippen LogP contribution in [-0.4, -0.2) is 45.7 Å². The van der Waals surface area contributed by atoms with E-state index in [1.807, 2.05) is 0 Å². The van der Waals surface area contributed by atoms with Crippen molar-refractivity contribution in [2.24, 2.45) is 0 Å². The third-order valence-electron chi connectivity index (χ3n) is 3.44. The number of hydrogen-bond donors (Lipinski definition) is 2. The number of hydrogen-bond acceptors (Lipinski definition) is 3. The zero-order valence-electron chi connectivity index (χ0n) is 10.5. The Morgan fingerprint density at radius 3 is 2.30 bits per heavy atom. The Kier molecular flexibility index (Phi) is 4.22. The first-order chi connectivity index (χ1) is 9.33. The van der Waals surface area contributed by atoms with Gasteiger partial charge in [-0.2, -0.15) is 0 Å². The Balaban J connectivity index is 2.11. The van der Waals surface area contributed by atoms with Crippen molar-refractivity contribution in [3.63, 3.8) is 0 Å². The summed E-state index contributed by atoms with van der Waals surface area (Å²) in [5, 5.41) is 19.4. The second-order valence-corrected chi connectivity index (χ2v) is 5.60. The van der Waals surface area contributed by atoms with Gasteiger partial charge in [-0.15, -0.1) is 0 Å². The second-order valence-electron chi connectivity index (χ2n) is 4.75. The van der Waals surface area contributed by atoms with Gasteiger partial charge in [-0.3, -0.25) is 4.79 Å². The zero-order valence-corrected chi connectivity index (χ0v) is 12.0. The van der Waals surface area contributed by atoms with Crippen molar-refractivity contribution in [2.45, 2.75) is 18.4 Å². The lowest BCUT2D eigenvalue weighted by Gasteiger charge is -2.35. The van der Waals surface area contributed by atoms with E-state index in [2.05, 4.69) is 0 Å². The van der Waals surface area contributed by atoms with Gasteiger partial charge in [0.2, 0.25) is 0 Å². The Bertz CT molecular complexity index is 553. The first-order valence-corrected chi connectivity index (χ1v) is 6.79. The van der Waals surface area contributed by atoms with Gasteiger partial charge in [0.25, 0.3) is 5.91 Å². The van der Waals surface area contributed by atoms with Crippen molar-refractivity contribution in [2.75, 3.05) is 13.1 Å². The maximum atomic E-state index is 12.3. The Morgan fingerprint density at radius 1 is 1.20 bits per heavy atom. The molecule has 1 aliphatic rings. The van der Waals surface area contributed by atoms with Crippen LogP contribution in [0.15, 0.2) is 18.2 Å². The van der Waals surface area contributed by atoms with Crippen molar-refractivity contribution in [3.05, 3.63) is 33.8 Å². The highest BCUT2D eigenvalue weighted by Gasteiger charge is 2.40. The molecule has 0 atom stereocenters. The monoisotopic (exact) mass is 317 g/mol. The molecule has 0 unspecified atom stereocenters. The highest BCUT2D eigenvalue weighted by atomic mass is 35.5. The van der Waals surface area contributed by atoms with Crippen LogP contribution in [0.1, 0.15) is 23.2 Å². The molecule has 0 spiro atoms. The SMILES string of the molecule is O=C(c1ccc(Cl)cc1Cl)N1CCC(O)(C(=O)O)CC1. The summed E-state index contributed by atoms with van der Waals surface area (Å²) in [5.41, 5.74) is -1.43. The number of carboxylic acids is 1. The minimum Gasteiger partial charge on any atom is -0.479 e. The highest BCUT2D eigenvalue weighted by Crippen LogP contribution is 2.26. The number of rotatable bonds is 2. The van der Waals surface area contributed by atoms with Crippen LogP contribution < -0.4 is 0 Å². The lowest BCUT2D eigenvalue weighted by molar-refractivity contribution is -0.162. The van der Waals surface area contributed by atoms with Crippen LogP contribution in [0.4, 0.5) is 0 Å². The average molecular weight is 318 g/mol. The van der Waals surface area contributed by atoms with Gasteiger partial charge >= 0.3 is 5.97 Å². The number of likely N-dealkylation sites (tertiary alicyclic amines) is 1. The molecular formula is C13H13Cl2NO4. The van der Waals surface area contributed by atoms with E-state index >= 15 is 0 Å². The molecular weight excluding hydrogens is 305 g/mol. The van der Waals surface area contributed by atoms with Gasteiger partial charge in [-0.05, 0) is 18.2 Å². The maximum absolute atomic E-state index is 12.3. The van der Waals surface area contributed by atoms with Gasteiger partial charge in [0.1, 0.15) is 0 Å². The van der Waals surface area contributed by atoms with E-state index in [9.17, 15) is 14.7 Å². The van der Waals surface area contributed by atoms with Crippen LogP contribution in [0.3, 0.4) is 0 Å². The molecule has 20 heavy (non-hydrogen) atoms. The third-order valence-corrected chi connectivity index (χ3v) is 3.99. The van der Waals surface area contributed by atoms with Crippen molar-refractivity contribution in [3.8, 4) is 0 Å². The van der Waals surface area contributed by atoms with Gasteiger partial charge in [-0.25, -0.2) is 4.79 Å². The topological polar surface area (TPSA) is 77.8 Å². The maximum Gasteiger partial charge on any atom is 0.335 e. The number of piperidine rings is 1. The van der Waals surface area contributed by atoms with Crippen molar-refractivity contribution in [1.82, 2.24) is 4.90 Å². The molecule has 0 saturated carbocycles. The summed E-state index contributed by atoms with van der Waals surface area (Å²) in [6.07, 6.45) is -0.00142. The molecule has 1 aliphatic heterocycles. The van der Waals surface area contributed by atoms with Crippen LogP contribution in [0.5, 0.6) is 0 Å². The lowest BCUT2D eigenvalue weighted by Crippen LogP contribution is -2.50. The molecule has 0 bridgehead atoms. The van der Waals surface area contributed by atoms with E-state index in [-0.39, 0.29) is 36.9 Å². The molecule has 1 aromatic carbocycles. The fourth-order valence-electron chi connectivity index (χ4n) is 2.13. The van der Waals surface area contributed by atoms with E-state index < -0.39 is 11.6 Å². The molecule has 2 N–H and O–H groups in total. The number of carboxylic acid groups (broad SMARTS) is 1. The molecule has 1 amide bonds. The normalized spacial score (nSPS) is 17.9. The molecule has 5 nitrogen and oxygen atoms in total. The molecule has 7 heteroatoms. The first-order valence-electron chi connectivity index (χ1n) is 6.03. The van der Waals surface area contributed by atoms with E-state index in [0.29, 0.717) is 10.6 Å². The third kappa shape index (κ3) is 2.90. The number of nitrogens with zero attached hydrogens (tertiary/aromatic N) is 1. The standard InChI is InChI=1S/C13H13Cl2NO4/c14-8-1-2-9(10(15)7-8)11(17)16-5-3-13(20,4-6-16)12(18)19/h1-2,7,20H,3-6H2,(H,18,19). The average Bonchev–Trinajstić information content (AvgIpc) is 2.38. The predicted octanol–water partition coefficient (Wildman–Crippen LogP) is 2.05. The van der Waals surface area contributed by atoms with Gasteiger partial charge < -0.3 is 15.1 Å². The Morgan fingerprint density at radius 2 is 1.80 bits per heavy atom. The van der Waals surface area contributed by atoms with Gasteiger partial charge in [0.05, 0.1) is 10.6 Å². The van der Waals surface area contributed by atoms with Crippen molar-refractivity contribution < 1.29 is 19.8 Å². The van der Waals surface area contributed by atoms with Crippen LogP contribution in [0.25, 0.3) is 0 Å². The van der Waals surface area contributed by atoms with Crippen LogP contribution in [-0.2, 0) is 4.79 Å². The number of aliphatic carboxylic acids is 1. The van der Waals surface area contributed by atoms with E-state index in [4.69, 9.17) is 28.3 Å². The first kappa shape index (κ1) is 15.1. The molecule has 1 aromatic rings. The van der Waals surface area contributed by atoms with E-state index in [1.54, 1.807) is 6.07 Å². The number of aliphatic hydroxyl groups is 1. The summed E-state index contributed by atoms with van der Waals surface area (Å²) in [7, 11) is 0.